The minimum absolute atomic E-state index is 0.220. The van der Waals surface area contributed by atoms with Crippen LogP contribution in [0.4, 0.5) is 0 Å². The molecule has 130 valence electrons. The van der Waals surface area contributed by atoms with E-state index in [2.05, 4.69) is 9.97 Å². The number of rotatable bonds is 6. The third-order valence-corrected chi connectivity index (χ3v) is 5.79. The average Bonchev–Trinajstić information content (AvgIpc) is 3.00. The van der Waals surface area contributed by atoms with Gasteiger partial charge in [-0.25, -0.2) is 4.98 Å². The zero-order valence-electron chi connectivity index (χ0n) is 13.3. The van der Waals surface area contributed by atoms with Gasteiger partial charge in [-0.3, -0.25) is 9.59 Å². The second kappa shape index (κ2) is 8.03. The van der Waals surface area contributed by atoms with Crippen LogP contribution in [-0.4, -0.2) is 21.7 Å². The highest BCUT2D eigenvalue weighted by Crippen LogP contribution is 2.25. The lowest BCUT2D eigenvalue weighted by molar-refractivity contribution is -0.145. The first-order valence-electron chi connectivity index (χ1n) is 7.53. The number of carbonyl (C=O) groups is 1. The smallest absolute Gasteiger partial charge is 0.316 e. The predicted octanol–water partition coefficient (Wildman–Crippen LogP) is 4.18. The van der Waals surface area contributed by atoms with E-state index in [9.17, 15) is 9.59 Å². The third-order valence-electron chi connectivity index (χ3n) is 3.42. The fraction of sp³-hybridized carbons (Fsp3) is 0.235. The predicted molar refractivity (Wildman–Crippen MR) is 102 cm³/mol. The van der Waals surface area contributed by atoms with Crippen LogP contribution in [0.15, 0.2) is 41.2 Å². The number of hydrogen-bond donors (Lipinski definition) is 1. The lowest BCUT2D eigenvalue weighted by Crippen LogP contribution is -2.18. The van der Waals surface area contributed by atoms with Gasteiger partial charge in [0, 0.05) is 10.6 Å². The fourth-order valence-corrected chi connectivity index (χ4v) is 4.25. The molecular formula is C17H15ClN2O3S2. The van der Waals surface area contributed by atoms with E-state index in [-0.39, 0.29) is 17.3 Å². The molecule has 0 aliphatic rings. The molecule has 8 heteroatoms. The number of nitrogens with zero attached hydrogens (tertiary/aromatic N) is 1. The highest BCUT2D eigenvalue weighted by atomic mass is 35.5. The Morgan fingerprint density at radius 3 is 2.92 bits per heavy atom. The number of nitrogens with one attached hydrogen (secondary N) is 1. The van der Waals surface area contributed by atoms with E-state index in [0.29, 0.717) is 22.5 Å². The largest absolute Gasteiger partial charge is 0.454 e. The van der Waals surface area contributed by atoms with Crippen molar-refractivity contribution in [3.05, 3.63) is 61.8 Å². The summed E-state index contributed by atoms with van der Waals surface area (Å²) in [6.45, 7) is 1.69. The first-order chi connectivity index (χ1) is 12.0. The standard InChI is InChI=1S/C17H15ClN2O3S2/c1-10(16-19-13-5-3-2-4-12(13)17(22)20-16)23-15(21)9-24-8-11-6-7-14(18)25-11/h2-7,10H,8-9H2,1H3,(H,19,20,22)/t10-/m1/s1. The van der Waals surface area contributed by atoms with Crippen LogP contribution in [-0.2, 0) is 15.3 Å². The van der Waals surface area contributed by atoms with Gasteiger partial charge in [-0.2, -0.15) is 0 Å². The number of carbonyl (C=O) groups excluding carboxylic acids is 1. The van der Waals surface area contributed by atoms with Crippen molar-refractivity contribution in [1.29, 1.82) is 0 Å². The fourth-order valence-electron chi connectivity index (χ4n) is 2.25. The summed E-state index contributed by atoms with van der Waals surface area (Å²) in [6.07, 6.45) is -0.624. The molecule has 0 saturated carbocycles. The molecule has 25 heavy (non-hydrogen) atoms. The minimum atomic E-state index is -0.624. The van der Waals surface area contributed by atoms with Crippen LogP contribution >= 0.6 is 34.7 Å². The summed E-state index contributed by atoms with van der Waals surface area (Å²) in [5.41, 5.74) is 0.334. The SMILES string of the molecule is C[C@@H](OC(=O)CSCc1ccc(Cl)s1)c1nc2ccccc2c(=O)[nH]1. The van der Waals surface area contributed by atoms with E-state index >= 15 is 0 Å². The van der Waals surface area contributed by atoms with E-state index in [1.807, 2.05) is 18.2 Å². The van der Waals surface area contributed by atoms with Crippen molar-refractivity contribution >= 4 is 51.6 Å². The molecule has 0 bridgehead atoms. The lowest BCUT2D eigenvalue weighted by atomic mass is 10.2. The van der Waals surface area contributed by atoms with Crippen molar-refractivity contribution in [2.75, 3.05) is 5.75 Å². The van der Waals surface area contributed by atoms with Crippen molar-refractivity contribution < 1.29 is 9.53 Å². The third kappa shape index (κ3) is 4.62. The van der Waals surface area contributed by atoms with E-state index in [0.717, 1.165) is 9.21 Å². The molecule has 0 aliphatic heterocycles. The average molecular weight is 395 g/mol. The molecule has 1 atom stereocenters. The topological polar surface area (TPSA) is 72.0 Å². The van der Waals surface area contributed by atoms with E-state index in [4.69, 9.17) is 16.3 Å². The maximum atomic E-state index is 12.1. The van der Waals surface area contributed by atoms with Crippen LogP contribution in [0.1, 0.15) is 23.7 Å². The van der Waals surface area contributed by atoms with Gasteiger partial charge in [0.1, 0.15) is 0 Å². The minimum Gasteiger partial charge on any atom is -0.454 e. The van der Waals surface area contributed by atoms with Crippen molar-refractivity contribution in [1.82, 2.24) is 9.97 Å². The number of halogens is 1. The van der Waals surface area contributed by atoms with Gasteiger partial charge in [-0.15, -0.1) is 23.1 Å². The number of aromatic amines is 1. The molecule has 3 aromatic rings. The number of ether oxygens (including phenoxy) is 1. The van der Waals surface area contributed by atoms with Gasteiger partial charge < -0.3 is 9.72 Å². The van der Waals surface area contributed by atoms with E-state index in [1.54, 1.807) is 25.1 Å². The normalized spacial score (nSPS) is 12.2. The molecule has 0 amide bonds. The van der Waals surface area contributed by atoms with E-state index in [1.165, 1.54) is 23.1 Å². The van der Waals surface area contributed by atoms with Gasteiger partial charge >= 0.3 is 5.97 Å². The number of hydrogen-bond acceptors (Lipinski definition) is 6. The highest BCUT2D eigenvalue weighted by Gasteiger charge is 2.15. The van der Waals surface area contributed by atoms with Gasteiger partial charge in [0.05, 0.1) is 21.0 Å². The number of esters is 1. The van der Waals surface area contributed by atoms with Crippen molar-refractivity contribution in [3.8, 4) is 0 Å². The summed E-state index contributed by atoms with van der Waals surface area (Å²) in [5.74, 6) is 0.909. The van der Waals surface area contributed by atoms with Crippen molar-refractivity contribution in [2.45, 2.75) is 18.8 Å². The van der Waals surface area contributed by atoms with Crippen molar-refractivity contribution in [2.24, 2.45) is 0 Å². The summed E-state index contributed by atoms with van der Waals surface area (Å²) in [5, 5.41) is 0.509. The Morgan fingerprint density at radius 1 is 1.36 bits per heavy atom. The zero-order chi connectivity index (χ0) is 17.8. The maximum absolute atomic E-state index is 12.1. The number of H-pyrrole nitrogens is 1. The summed E-state index contributed by atoms with van der Waals surface area (Å²) in [7, 11) is 0. The van der Waals surface area contributed by atoms with Crippen LogP contribution in [0, 0.1) is 0 Å². The number of thiophene rings is 1. The first kappa shape index (κ1) is 18.0. The van der Waals surface area contributed by atoms with Gasteiger partial charge in [0.15, 0.2) is 11.9 Å². The highest BCUT2D eigenvalue weighted by molar-refractivity contribution is 7.99. The molecule has 1 N–H and O–H groups in total. The van der Waals surface area contributed by atoms with Crippen LogP contribution in [0.3, 0.4) is 0 Å². The van der Waals surface area contributed by atoms with Crippen LogP contribution in [0.2, 0.25) is 4.34 Å². The second-order valence-electron chi connectivity index (χ2n) is 5.30. The van der Waals surface area contributed by atoms with Gasteiger partial charge in [0.25, 0.3) is 5.56 Å². The Bertz CT molecular complexity index is 954. The molecule has 0 aliphatic carbocycles. The summed E-state index contributed by atoms with van der Waals surface area (Å²) in [4.78, 5) is 32.2. The van der Waals surface area contributed by atoms with Crippen LogP contribution < -0.4 is 5.56 Å². The summed E-state index contributed by atoms with van der Waals surface area (Å²) < 4.78 is 6.10. The lowest BCUT2D eigenvalue weighted by Gasteiger charge is -2.12. The molecule has 2 aromatic heterocycles. The van der Waals surface area contributed by atoms with Crippen LogP contribution in [0.5, 0.6) is 0 Å². The Hall–Kier alpha value is -1.83. The molecule has 0 unspecified atom stereocenters. The molecule has 0 saturated heterocycles. The maximum Gasteiger partial charge on any atom is 0.316 e. The number of aromatic nitrogens is 2. The first-order valence-corrected chi connectivity index (χ1v) is 9.88. The Labute approximate surface area is 157 Å². The number of benzene rings is 1. The molecule has 5 nitrogen and oxygen atoms in total. The Kier molecular flexibility index (Phi) is 5.78. The number of para-hydroxylation sites is 1. The zero-order valence-corrected chi connectivity index (χ0v) is 15.7. The van der Waals surface area contributed by atoms with Gasteiger partial charge in [0.2, 0.25) is 0 Å². The Balaban J connectivity index is 1.58. The number of thioether (sulfide) groups is 1. The summed E-state index contributed by atoms with van der Waals surface area (Å²) >= 11 is 8.83. The molecular weight excluding hydrogens is 380 g/mol. The van der Waals surface area contributed by atoms with Gasteiger partial charge in [-0.05, 0) is 31.2 Å². The monoisotopic (exact) mass is 394 g/mol. The molecule has 3 rings (SSSR count). The quantitative estimate of drug-likeness (QED) is 0.635. The van der Waals surface area contributed by atoms with E-state index < -0.39 is 6.10 Å². The molecule has 0 radical (unpaired) electrons. The molecule has 0 fully saturated rings. The van der Waals surface area contributed by atoms with Gasteiger partial charge in [-0.1, -0.05) is 23.7 Å². The molecule has 1 aromatic carbocycles. The molecule has 2 heterocycles. The van der Waals surface area contributed by atoms with Crippen LogP contribution in [0.25, 0.3) is 10.9 Å². The second-order valence-corrected chi connectivity index (χ2v) is 8.08. The summed E-state index contributed by atoms with van der Waals surface area (Å²) in [6, 6.07) is 10.8. The van der Waals surface area contributed by atoms with Crippen molar-refractivity contribution in [3.63, 3.8) is 0 Å². The number of fused-ring (bicyclic) bond motifs is 1. The Morgan fingerprint density at radius 2 is 2.16 bits per heavy atom. The molecule has 0 spiro atoms.